The first-order valence-corrected chi connectivity index (χ1v) is 24.3. The average molecular weight is 893 g/mol. The predicted molar refractivity (Wildman–Crippen MR) is 295 cm³/mol. The van der Waals surface area contributed by atoms with Crippen molar-refractivity contribution in [2.24, 2.45) is 0 Å². The van der Waals surface area contributed by atoms with Crippen molar-refractivity contribution in [1.29, 1.82) is 0 Å². The van der Waals surface area contributed by atoms with E-state index in [2.05, 4.69) is 255 Å². The molecule has 0 aliphatic heterocycles. The predicted octanol–water partition coefficient (Wildman–Crippen LogP) is 16.6. The number of fused-ring (bicyclic) bond motifs is 4. The fourth-order valence-corrected chi connectivity index (χ4v) is 10.1. The monoisotopic (exact) mass is 892 g/mol. The zero-order valence-electron chi connectivity index (χ0n) is 39.7. The van der Waals surface area contributed by atoms with Gasteiger partial charge in [-0.15, -0.1) is 0 Å². The van der Waals surface area contributed by atoms with Gasteiger partial charge in [0.05, 0.1) is 6.61 Å². The summed E-state index contributed by atoms with van der Waals surface area (Å²) in [5.74, 6) is 0.864. The SMILES string of the molecule is CN(C)CCN(C)CCCOc1cc(-c2cc(-c3cccc4ccccc34)cc(-c3cccc4ccccc34)c2)cc(-c2cc(-c3cccc4ccccc34)cc(-c3cccc4ccccc34)c2)c1. The lowest BCUT2D eigenvalue weighted by molar-refractivity contribution is 0.245. The van der Waals surface area contributed by atoms with Crippen molar-refractivity contribution in [2.45, 2.75) is 6.42 Å². The molecule has 0 heterocycles. The molecular formula is C66H56N2O. The third kappa shape index (κ3) is 9.28. The molecule has 0 fully saturated rings. The molecule has 0 aliphatic carbocycles. The highest BCUT2D eigenvalue weighted by Crippen LogP contribution is 2.43. The van der Waals surface area contributed by atoms with E-state index < -0.39 is 0 Å². The average Bonchev–Trinajstić information content (AvgIpc) is 3.40. The van der Waals surface area contributed by atoms with E-state index in [0.717, 1.165) is 54.1 Å². The smallest absolute Gasteiger partial charge is 0.120 e. The minimum Gasteiger partial charge on any atom is -0.494 e. The van der Waals surface area contributed by atoms with E-state index in [-0.39, 0.29) is 0 Å². The van der Waals surface area contributed by atoms with Gasteiger partial charge in [-0.1, -0.05) is 170 Å². The van der Waals surface area contributed by atoms with Crippen LogP contribution in [0.15, 0.2) is 224 Å². The Morgan fingerprint density at radius 3 is 0.971 bits per heavy atom. The quantitative estimate of drug-likeness (QED) is 0.101. The van der Waals surface area contributed by atoms with Crippen molar-refractivity contribution in [3.8, 4) is 72.5 Å². The molecule has 11 rings (SSSR count). The van der Waals surface area contributed by atoms with Crippen LogP contribution >= 0.6 is 0 Å². The number of ether oxygens (including phenoxy) is 1. The Hall–Kier alpha value is -7.82. The Bertz CT molecular complexity index is 3200. The van der Waals surface area contributed by atoms with Gasteiger partial charge in [-0.25, -0.2) is 0 Å². The third-order valence-electron chi connectivity index (χ3n) is 13.7. The van der Waals surface area contributed by atoms with Crippen LogP contribution in [0.5, 0.6) is 5.75 Å². The summed E-state index contributed by atoms with van der Waals surface area (Å²) < 4.78 is 6.86. The van der Waals surface area contributed by atoms with E-state index in [1.165, 1.54) is 87.6 Å². The van der Waals surface area contributed by atoms with Gasteiger partial charge in [0.25, 0.3) is 0 Å². The van der Waals surface area contributed by atoms with Gasteiger partial charge in [0.15, 0.2) is 0 Å². The summed E-state index contributed by atoms with van der Waals surface area (Å²) >= 11 is 0. The minimum absolute atomic E-state index is 0.615. The summed E-state index contributed by atoms with van der Waals surface area (Å²) in [7, 11) is 6.47. The molecule has 11 aromatic carbocycles. The third-order valence-corrected chi connectivity index (χ3v) is 13.7. The minimum atomic E-state index is 0.615. The second-order valence-corrected chi connectivity index (χ2v) is 18.8. The summed E-state index contributed by atoms with van der Waals surface area (Å²) in [5, 5.41) is 9.85. The first-order chi connectivity index (χ1) is 33.9. The lowest BCUT2D eigenvalue weighted by atomic mass is 9.88. The molecule has 0 amide bonds. The van der Waals surface area contributed by atoms with Crippen LogP contribution in [-0.4, -0.2) is 57.2 Å². The number of rotatable bonds is 14. The summed E-state index contributed by atoms with van der Waals surface area (Å²) in [6.07, 6.45) is 0.924. The second-order valence-electron chi connectivity index (χ2n) is 18.8. The summed E-state index contributed by atoms with van der Waals surface area (Å²) in [4.78, 5) is 4.63. The summed E-state index contributed by atoms with van der Waals surface area (Å²) in [5.41, 5.74) is 14.1. The van der Waals surface area contributed by atoms with E-state index >= 15 is 0 Å². The molecular weight excluding hydrogens is 837 g/mol. The van der Waals surface area contributed by atoms with Crippen molar-refractivity contribution in [3.05, 3.63) is 224 Å². The number of nitrogens with zero attached hydrogens (tertiary/aromatic N) is 2. The van der Waals surface area contributed by atoms with Gasteiger partial charge >= 0.3 is 0 Å². The van der Waals surface area contributed by atoms with Crippen molar-refractivity contribution < 1.29 is 4.74 Å². The molecule has 0 saturated heterocycles. The topological polar surface area (TPSA) is 15.7 Å². The van der Waals surface area contributed by atoms with E-state index in [1.807, 2.05) is 0 Å². The van der Waals surface area contributed by atoms with Gasteiger partial charge in [0.1, 0.15) is 5.75 Å². The summed E-state index contributed by atoms with van der Waals surface area (Å²) in [6, 6.07) is 82.7. The molecule has 11 aromatic rings. The van der Waals surface area contributed by atoms with E-state index in [9.17, 15) is 0 Å². The second kappa shape index (κ2) is 19.4. The van der Waals surface area contributed by atoms with Gasteiger partial charge in [-0.05, 0) is 192 Å². The molecule has 0 saturated carbocycles. The van der Waals surface area contributed by atoms with Crippen LogP contribution in [0.25, 0.3) is 110 Å². The van der Waals surface area contributed by atoms with Crippen LogP contribution in [0.2, 0.25) is 0 Å². The molecule has 0 aromatic heterocycles. The largest absolute Gasteiger partial charge is 0.494 e. The Morgan fingerprint density at radius 1 is 0.304 bits per heavy atom. The Labute approximate surface area is 406 Å². The lowest BCUT2D eigenvalue weighted by Crippen LogP contribution is -2.29. The summed E-state index contributed by atoms with van der Waals surface area (Å²) in [6.45, 7) is 3.62. The molecule has 0 aliphatic rings. The van der Waals surface area contributed by atoms with Crippen molar-refractivity contribution >= 4 is 43.1 Å². The molecule has 3 heteroatoms. The van der Waals surface area contributed by atoms with Crippen LogP contribution < -0.4 is 4.74 Å². The highest BCUT2D eigenvalue weighted by atomic mass is 16.5. The van der Waals surface area contributed by atoms with Crippen LogP contribution in [0.1, 0.15) is 6.42 Å². The standard InChI is InChI=1S/C66H56N2O/c1-67(2)34-35-68(3)33-16-36-69-58-44-52(50-38-54(63-29-12-21-46-17-4-8-25-59(46)63)42-55(39-50)64-30-13-22-47-18-5-9-26-60(47)64)37-53(45-58)51-40-56(65-31-14-23-48-19-6-10-27-61(48)65)43-57(41-51)66-32-15-24-49-20-7-11-28-62(49)66/h4-15,17-32,37-45H,16,33-36H2,1-3H3. The number of hydrogen-bond acceptors (Lipinski definition) is 3. The zero-order chi connectivity index (χ0) is 46.7. The van der Waals surface area contributed by atoms with Gasteiger partial charge < -0.3 is 14.5 Å². The van der Waals surface area contributed by atoms with Crippen LogP contribution in [-0.2, 0) is 0 Å². The van der Waals surface area contributed by atoms with Crippen LogP contribution in [0, 0.1) is 0 Å². The maximum absolute atomic E-state index is 6.86. The molecule has 0 bridgehead atoms. The van der Waals surface area contributed by atoms with Gasteiger partial charge in [0.2, 0.25) is 0 Å². The molecule has 0 radical (unpaired) electrons. The van der Waals surface area contributed by atoms with Crippen LogP contribution in [0.3, 0.4) is 0 Å². The lowest BCUT2D eigenvalue weighted by Gasteiger charge is -2.20. The molecule has 0 spiro atoms. The molecule has 0 unspecified atom stereocenters. The zero-order valence-corrected chi connectivity index (χ0v) is 39.7. The molecule has 3 nitrogen and oxygen atoms in total. The van der Waals surface area contributed by atoms with Crippen molar-refractivity contribution in [1.82, 2.24) is 9.80 Å². The fourth-order valence-electron chi connectivity index (χ4n) is 10.1. The Kier molecular flexibility index (Phi) is 12.3. The number of likely N-dealkylation sites (N-methyl/N-ethyl adjacent to an activating group) is 2. The van der Waals surface area contributed by atoms with Crippen LogP contribution in [0.4, 0.5) is 0 Å². The first kappa shape index (κ1) is 43.7. The Balaban J connectivity index is 1.11. The van der Waals surface area contributed by atoms with E-state index in [0.29, 0.717) is 6.61 Å². The number of hydrogen-bond donors (Lipinski definition) is 0. The van der Waals surface area contributed by atoms with E-state index in [4.69, 9.17) is 4.74 Å². The van der Waals surface area contributed by atoms with Crippen molar-refractivity contribution in [3.63, 3.8) is 0 Å². The highest BCUT2D eigenvalue weighted by Gasteiger charge is 2.17. The van der Waals surface area contributed by atoms with Gasteiger partial charge in [-0.3, -0.25) is 0 Å². The number of benzene rings is 11. The Morgan fingerprint density at radius 2 is 0.609 bits per heavy atom. The maximum atomic E-state index is 6.86. The normalized spacial score (nSPS) is 11.7. The molecule has 0 N–H and O–H groups in total. The van der Waals surface area contributed by atoms with Gasteiger partial charge in [-0.2, -0.15) is 0 Å². The van der Waals surface area contributed by atoms with E-state index in [1.54, 1.807) is 0 Å². The van der Waals surface area contributed by atoms with Crippen molar-refractivity contribution in [2.75, 3.05) is 47.4 Å². The highest BCUT2D eigenvalue weighted by molar-refractivity contribution is 6.03. The fraction of sp³-hybridized carbons (Fsp3) is 0.121. The molecule has 69 heavy (non-hydrogen) atoms. The molecule has 336 valence electrons. The first-order valence-electron chi connectivity index (χ1n) is 24.3. The van der Waals surface area contributed by atoms with Gasteiger partial charge in [0, 0.05) is 19.6 Å². The molecule has 0 atom stereocenters. The maximum Gasteiger partial charge on any atom is 0.120 e.